The second kappa shape index (κ2) is 16.5. The van der Waals surface area contributed by atoms with Crippen LogP contribution >= 0.6 is 0 Å². The molecule has 0 saturated heterocycles. The summed E-state index contributed by atoms with van der Waals surface area (Å²) < 4.78 is 261. The molecule has 10 aromatic rings. The fraction of sp³-hybridized carbons (Fsp3) is 0. The van der Waals surface area contributed by atoms with Gasteiger partial charge in [0.1, 0.15) is 0 Å². The monoisotopic (exact) mass is 796 g/mol. The summed E-state index contributed by atoms with van der Waals surface area (Å²) in [4.78, 5) is 14.5. The van der Waals surface area contributed by atoms with Crippen LogP contribution in [0.1, 0.15) is 41.1 Å². The van der Waals surface area contributed by atoms with Crippen LogP contribution in [0, 0.1) is 0 Å². The first-order valence-corrected chi connectivity index (χ1v) is 17.8. The number of hydrogen-bond donors (Lipinski definition) is 0. The Bertz CT molecular complexity index is 3930. The zero-order valence-electron chi connectivity index (χ0n) is 60.5. The normalized spacial score (nSPS) is 18.0. The molecule has 10 rings (SSSR count). The maximum Gasteiger partial charge on any atom is 0.164 e. The van der Waals surface area contributed by atoms with Crippen molar-refractivity contribution in [2.75, 3.05) is 0 Å². The smallest absolute Gasteiger partial charge is 0.164 e. The van der Waals surface area contributed by atoms with Crippen LogP contribution in [0.4, 0.5) is 0 Å². The van der Waals surface area contributed by atoms with Gasteiger partial charge in [-0.1, -0.05) is 181 Å². The first kappa shape index (κ1) is 16.3. The molecule has 0 unspecified atom stereocenters. The van der Waals surface area contributed by atoms with Gasteiger partial charge < -0.3 is 0 Å². The van der Waals surface area contributed by atoms with E-state index in [1.807, 2.05) is 0 Å². The molecule has 3 nitrogen and oxygen atoms in total. The molecule has 0 aliphatic rings. The van der Waals surface area contributed by atoms with Crippen LogP contribution in [0.2, 0.25) is 0 Å². The SMILES string of the molecule is [2H]c1c([2H])c([2H])c(-c2cc(-c3nc(-c4cc(-c5c([2H])c([2H])c([2H])c([2H])c5[2H])cc(-c5c([2H])c([2H])c([2H])c([2H])c5[2H])c4)nc(-c4cc(-c5c([2H])c([2H])c([2H])c([2H])c5[2H])cc(-c5c([2H])c([2H])c([2H])c([2H])c5[2H])c4)n3)cc(-c3c([2H])c([2H])c([2H])c([2H])c3[2H])c2)c([2H])c1[2H]. The average Bonchev–Trinajstić information content (AvgIpc) is 0.765. The molecule has 0 N–H and O–H groups in total. The van der Waals surface area contributed by atoms with E-state index in [2.05, 4.69) is 0 Å². The fourth-order valence-electron chi connectivity index (χ4n) is 6.27. The third kappa shape index (κ3) is 7.80. The number of rotatable bonds is 9. The second-order valence-electron chi connectivity index (χ2n) is 12.7. The Hall–Kier alpha value is -8.01. The molecule has 0 radical (unpaired) electrons. The Morgan fingerprint density at radius 1 is 0.183 bits per heavy atom. The van der Waals surface area contributed by atoms with E-state index in [1.54, 1.807) is 0 Å². The molecule has 1 aromatic heterocycles. The first-order chi connectivity index (χ1) is 42.1. The largest absolute Gasteiger partial charge is 0.208 e. The molecule has 0 aliphatic heterocycles. The molecular formula is C57H39N3. The predicted octanol–water partition coefficient (Wildman–Crippen LogP) is 14.9. The Morgan fingerprint density at radius 3 is 0.500 bits per heavy atom. The lowest BCUT2D eigenvalue weighted by Crippen LogP contribution is -2.01. The summed E-state index contributed by atoms with van der Waals surface area (Å²) in [6.45, 7) is 0. The molecule has 0 aliphatic carbocycles. The van der Waals surface area contributed by atoms with Gasteiger partial charge in [0, 0.05) is 16.7 Å². The van der Waals surface area contributed by atoms with Crippen molar-refractivity contribution in [3.05, 3.63) is 236 Å². The lowest BCUT2D eigenvalue weighted by Gasteiger charge is -2.15. The predicted molar refractivity (Wildman–Crippen MR) is 249 cm³/mol. The Labute approximate surface area is 393 Å². The fourth-order valence-corrected chi connectivity index (χ4v) is 6.27. The zero-order chi connectivity index (χ0) is 66.2. The minimum absolute atomic E-state index is 0.242. The molecule has 60 heavy (non-hydrogen) atoms. The average molecular weight is 796 g/mol. The van der Waals surface area contributed by atoms with Crippen molar-refractivity contribution >= 4 is 0 Å². The molecule has 9 aromatic carbocycles. The van der Waals surface area contributed by atoms with E-state index in [1.165, 1.54) is 54.6 Å². The number of benzene rings is 9. The van der Waals surface area contributed by atoms with Gasteiger partial charge in [0.25, 0.3) is 0 Å². The van der Waals surface area contributed by atoms with E-state index in [0.717, 1.165) is 0 Å². The van der Waals surface area contributed by atoms with E-state index in [-0.39, 0.29) is 50.1 Å². The van der Waals surface area contributed by atoms with Crippen molar-refractivity contribution in [3.8, 4) is 101 Å². The topological polar surface area (TPSA) is 38.7 Å². The van der Waals surface area contributed by atoms with Crippen molar-refractivity contribution in [2.24, 2.45) is 0 Å². The molecule has 1 heterocycles. The molecule has 0 spiro atoms. The van der Waals surface area contributed by atoms with Crippen LogP contribution in [0.5, 0.6) is 0 Å². The van der Waals surface area contributed by atoms with Gasteiger partial charge in [-0.25, -0.2) is 15.0 Å². The first-order valence-electron chi connectivity index (χ1n) is 32.8. The summed E-state index contributed by atoms with van der Waals surface area (Å²) in [7, 11) is 0. The highest BCUT2D eigenvalue weighted by molar-refractivity contribution is 5.84. The van der Waals surface area contributed by atoms with Crippen LogP contribution in [0.3, 0.4) is 0 Å². The molecule has 282 valence electrons. The van der Waals surface area contributed by atoms with E-state index in [4.69, 9.17) is 56.1 Å². The maximum atomic E-state index is 9.02. The van der Waals surface area contributed by atoms with Crippen molar-refractivity contribution in [3.63, 3.8) is 0 Å². The number of nitrogens with zero attached hydrogens (tertiary/aromatic N) is 3. The molecule has 0 saturated carbocycles. The molecule has 0 atom stereocenters. The minimum atomic E-state index is -0.798. The lowest BCUT2D eigenvalue weighted by atomic mass is 9.94. The van der Waals surface area contributed by atoms with Gasteiger partial charge in [0.15, 0.2) is 17.5 Å². The summed E-state index contributed by atoms with van der Waals surface area (Å²) in [5.74, 6) is -1.52. The van der Waals surface area contributed by atoms with Crippen molar-refractivity contribution in [1.29, 1.82) is 0 Å². The minimum Gasteiger partial charge on any atom is -0.208 e. The van der Waals surface area contributed by atoms with Crippen molar-refractivity contribution in [2.45, 2.75) is 0 Å². The summed E-state index contributed by atoms with van der Waals surface area (Å²) >= 11 is 0. The molecule has 0 fully saturated rings. The van der Waals surface area contributed by atoms with E-state index in [0.29, 0.717) is 0 Å². The highest BCUT2D eigenvalue weighted by Gasteiger charge is 2.18. The van der Waals surface area contributed by atoms with Crippen LogP contribution in [0.15, 0.2) is 236 Å². The lowest BCUT2D eigenvalue weighted by molar-refractivity contribution is 1.07. The van der Waals surface area contributed by atoms with Gasteiger partial charge in [-0.3, -0.25) is 0 Å². The van der Waals surface area contributed by atoms with Gasteiger partial charge in [0.05, 0.1) is 41.1 Å². The molecule has 3 heteroatoms. The van der Waals surface area contributed by atoms with Crippen LogP contribution in [-0.4, -0.2) is 15.0 Å². The Kier molecular flexibility index (Phi) is 4.48. The standard InChI is InChI=1S/C57H39N3/c1-7-19-40(20-8-1)46-31-47(41-21-9-2-10-22-41)35-52(34-46)55-58-56(53-36-48(42-23-11-3-12-24-42)32-49(37-53)43-25-13-4-14-26-43)60-57(59-55)54-38-50(44-27-15-5-16-28-44)33-51(39-54)45-29-17-6-18-30-45/h1-39H/i1D,2D,3D,4D,5D,6D,7D,8D,9D,10D,11D,12D,13D,14D,15D,16D,17D,18D,19D,20D,21D,22D,23D,24D,25D,26D,27D,28D,29D,30D. The molecule has 0 amide bonds. The number of aromatic nitrogens is 3. The highest BCUT2D eigenvalue weighted by Crippen LogP contribution is 2.37. The van der Waals surface area contributed by atoms with Gasteiger partial charge in [0.2, 0.25) is 0 Å². The summed E-state index contributed by atoms with van der Waals surface area (Å²) in [6.07, 6.45) is 0. The maximum absolute atomic E-state index is 9.02. The summed E-state index contributed by atoms with van der Waals surface area (Å²) in [5, 5.41) is 0. The second-order valence-corrected chi connectivity index (χ2v) is 12.7. The molecule has 0 bridgehead atoms. The quantitative estimate of drug-likeness (QED) is 0.146. The van der Waals surface area contributed by atoms with Crippen LogP contribution in [-0.2, 0) is 0 Å². The van der Waals surface area contributed by atoms with Gasteiger partial charge in [-0.15, -0.1) is 0 Å². The van der Waals surface area contributed by atoms with Crippen molar-refractivity contribution in [1.82, 2.24) is 15.0 Å². The summed E-state index contributed by atoms with van der Waals surface area (Å²) in [6, 6.07) is -12.4. The molecular weight excluding hydrogens is 727 g/mol. The highest BCUT2D eigenvalue weighted by atomic mass is 15.0. The zero-order valence-corrected chi connectivity index (χ0v) is 30.5. The van der Waals surface area contributed by atoms with Crippen LogP contribution < -0.4 is 0 Å². The number of hydrogen-bond acceptors (Lipinski definition) is 3. The van der Waals surface area contributed by atoms with E-state index < -0.39 is 232 Å². The van der Waals surface area contributed by atoms with Crippen LogP contribution in [0.25, 0.3) is 101 Å². The van der Waals surface area contributed by atoms with Gasteiger partial charge in [-0.2, -0.15) is 0 Å². The Balaban J connectivity index is 1.42. The summed E-state index contributed by atoms with van der Waals surface area (Å²) in [5.41, 5.74) is -4.96. The van der Waals surface area contributed by atoms with Crippen molar-refractivity contribution < 1.29 is 41.1 Å². The van der Waals surface area contributed by atoms with Gasteiger partial charge >= 0.3 is 0 Å². The van der Waals surface area contributed by atoms with E-state index >= 15 is 0 Å². The van der Waals surface area contributed by atoms with E-state index in [9.17, 15) is 0 Å². The third-order valence-electron chi connectivity index (χ3n) is 8.94. The van der Waals surface area contributed by atoms with Gasteiger partial charge in [-0.05, 0) is 121 Å². The third-order valence-corrected chi connectivity index (χ3v) is 8.94. The Morgan fingerprint density at radius 2 is 0.333 bits per heavy atom.